The molecule has 11 heavy (non-hydrogen) atoms. The van der Waals surface area contributed by atoms with Gasteiger partial charge in [-0.25, -0.2) is 0 Å². The van der Waals surface area contributed by atoms with Crippen molar-refractivity contribution in [1.29, 1.82) is 0 Å². The van der Waals surface area contributed by atoms with E-state index in [1.165, 1.54) is 13.0 Å². The number of carboxylic acids is 1. The molecule has 3 nitrogen and oxygen atoms in total. The van der Waals surface area contributed by atoms with Gasteiger partial charge in [0.05, 0.1) is 11.9 Å². The van der Waals surface area contributed by atoms with Crippen LogP contribution >= 0.6 is 0 Å². The number of allylic oxidation sites excluding steroid dienone is 1. The first-order valence-corrected chi connectivity index (χ1v) is 2.91. The van der Waals surface area contributed by atoms with Crippen LogP contribution in [0.1, 0.15) is 13.3 Å². The summed E-state index contributed by atoms with van der Waals surface area (Å²) in [5.41, 5.74) is 0. The second-order valence-electron chi connectivity index (χ2n) is 2.01. The van der Waals surface area contributed by atoms with E-state index in [2.05, 4.69) is 6.58 Å². The minimum atomic E-state index is -1.33. The van der Waals surface area contributed by atoms with Gasteiger partial charge >= 0.3 is 29.6 Å². The van der Waals surface area contributed by atoms with E-state index in [0.29, 0.717) is 0 Å². The second kappa shape index (κ2) is 6.58. The molecule has 1 atom stereocenters. The van der Waals surface area contributed by atoms with Crippen LogP contribution in [0.25, 0.3) is 0 Å². The van der Waals surface area contributed by atoms with Crippen LogP contribution in [0.4, 0.5) is 0 Å². The third kappa shape index (κ3) is 5.18. The molecule has 0 amide bonds. The van der Waals surface area contributed by atoms with E-state index in [4.69, 9.17) is 0 Å². The van der Waals surface area contributed by atoms with Gasteiger partial charge in [0.25, 0.3) is 0 Å². The molecule has 0 bridgehead atoms. The number of hydrogen-bond donors (Lipinski definition) is 0. The molecule has 0 fully saturated rings. The predicted molar refractivity (Wildman–Crippen MR) is 34.0 cm³/mol. The van der Waals surface area contributed by atoms with Crippen molar-refractivity contribution in [1.82, 2.24) is 0 Å². The van der Waals surface area contributed by atoms with Crippen LogP contribution in [0.5, 0.6) is 0 Å². The molecule has 0 N–H and O–H groups in total. The van der Waals surface area contributed by atoms with Crippen LogP contribution in [0.2, 0.25) is 0 Å². The summed E-state index contributed by atoms with van der Waals surface area (Å²) in [5, 5.41) is 10.2. The molecule has 0 aromatic heterocycles. The van der Waals surface area contributed by atoms with Gasteiger partial charge < -0.3 is 9.90 Å². The van der Waals surface area contributed by atoms with Crippen LogP contribution in [-0.4, -0.2) is 11.8 Å². The zero-order valence-corrected chi connectivity index (χ0v) is 8.79. The average Bonchev–Trinajstić information content (AvgIpc) is 1.81. The molecule has 0 heterocycles. The molecule has 0 saturated carbocycles. The van der Waals surface area contributed by atoms with Crippen molar-refractivity contribution in [2.24, 2.45) is 5.92 Å². The Kier molecular flexibility index (Phi) is 8.06. The van der Waals surface area contributed by atoms with Crippen LogP contribution < -0.4 is 34.7 Å². The van der Waals surface area contributed by atoms with E-state index in [9.17, 15) is 14.7 Å². The number of hydrogen-bond acceptors (Lipinski definition) is 3. The Morgan fingerprint density at radius 3 is 2.18 bits per heavy atom. The number of ketones is 1. The number of carbonyl (C=O) groups is 2. The topological polar surface area (TPSA) is 57.2 Å². The van der Waals surface area contributed by atoms with Crippen molar-refractivity contribution < 1.29 is 44.3 Å². The van der Waals surface area contributed by atoms with Crippen LogP contribution in [0, 0.1) is 5.92 Å². The van der Waals surface area contributed by atoms with Gasteiger partial charge in [0.2, 0.25) is 0 Å². The van der Waals surface area contributed by atoms with E-state index >= 15 is 0 Å². The van der Waals surface area contributed by atoms with Gasteiger partial charge in [0.1, 0.15) is 5.78 Å². The Morgan fingerprint density at radius 2 is 2.09 bits per heavy atom. The molecule has 0 aliphatic carbocycles. The quantitative estimate of drug-likeness (QED) is 0.246. The van der Waals surface area contributed by atoms with E-state index in [0.717, 1.165) is 0 Å². The molecule has 1 unspecified atom stereocenters. The van der Waals surface area contributed by atoms with Crippen molar-refractivity contribution >= 4 is 11.8 Å². The van der Waals surface area contributed by atoms with Gasteiger partial charge in [-0.3, -0.25) is 4.79 Å². The van der Waals surface area contributed by atoms with E-state index in [1.54, 1.807) is 0 Å². The Balaban J connectivity index is 0. The molecule has 0 aromatic carbocycles. The summed E-state index contributed by atoms with van der Waals surface area (Å²) in [6.07, 6.45) is 1.54. The number of rotatable bonds is 4. The van der Waals surface area contributed by atoms with Gasteiger partial charge in [-0.2, -0.15) is 0 Å². The molecule has 4 heteroatoms. The average molecular weight is 164 g/mol. The summed E-state index contributed by atoms with van der Waals surface area (Å²) in [4.78, 5) is 20.7. The van der Waals surface area contributed by atoms with Gasteiger partial charge in [-0.15, -0.1) is 6.58 Å². The number of aliphatic carboxylic acids is 1. The van der Waals surface area contributed by atoms with Crippen molar-refractivity contribution in [2.75, 3.05) is 0 Å². The molecule has 56 valence electrons. The summed E-state index contributed by atoms with van der Waals surface area (Å²) >= 11 is 0. The van der Waals surface area contributed by atoms with E-state index in [-0.39, 0.29) is 41.8 Å². The first-order chi connectivity index (χ1) is 4.59. The standard InChI is InChI=1S/C7H10O3.Na/c1-3-4-6(5(2)8)7(9)10;/h3,6H,1,4H2,2H3,(H,9,10);/q;+1/p-1. The molecule has 0 aliphatic rings. The molecule has 0 aliphatic heterocycles. The Bertz CT molecular complexity index is 151. The number of carbonyl (C=O) groups excluding carboxylic acids is 2. The van der Waals surface area contributed by atoms with Crippen molar-refractivity contribution in [2.45, 2.75) is 13.3 Å². The predicted octanol–water partition coefficient (Wildman–Crippen LogP) is -3.48. The maximum Gasteiger partial charge on any atom is 1.00 e. The number of carboxylic acid groups (broad SMARTS) is 1. The van der Waals surface area contributed by atoms with Gasteiger partial charge in [0.15, 0.2) is 0 Å². The van der Waals surface area contributed by atoms with Crippen molar-refractivity contribution in [3.05, 3.63) is 12.7 Å². The maximum atomic E-state index is 10.5. The fourth-order valence-corrected chi connectivity index (χ4v) is 0.595. The zero-order valence-electron chi connectivity index (χ0n) is 6.79. The summed E-state index contributed by atoms with van der Waals surface area (Å²) in [6.45, 7) is 4.55. The van der Waals surface area contributed by atoms with Crippen LogP contribution in [-0.2, 0) is 9.59 Å². The molecule has 0 saturated heterocycles. The molecule has 0 rings (SSSR count). The van der Waals surface area contributed by atoms with Crippen LogP contribution in [0.15, 0.2) is 12.7 Å². The Hall–Kier alpha value is -0.120. The van der Waals surface area contributed by atoms with E-state index in [1.807, 2.05) is 0 Å². The normalized spacial score (nSPS) is 11.0. The van der Waals surface area contributed by atoms with Crippen LogP contribution in [0.3, 0.4) is 0 Å². The van der Waals surface area contributed by atoms with Gasteiger partial charge in [-0.05, 0) is 13.3 Å². The molecular formula is C7H9NaO3. The first-order valence-electron chi connectivity index (χ1n) is 2.91. The smallest absolute Gasteiger partial charge is 0.549 e. The monoisotopic (exact) mass is 164 g/mol. The summed E-state index contributed by atoms with van der Waals surface area (Å²) in [5.74, 6) is -2.73. The SMILES string of the molecule is C=CCC(C(C)=O)C(=O)[O-].[Na+]. The largest absolute Gasteiger partial charge is 1.00 e. The minimum absolute atomic E-state index is 0. The van der Waals surface area contributed by atoms with Gasteiger partial charge in [0, 0.05) is 0 Å². The minimum Gasteiger partial charge on any atom is -0.549 e. The number of Topliss-reactive ketones (excluding diaryl/α,β-unsaturated/α-hetero) is 1. The Morgan fingerprint density at radius 1 is 1.64 bits per heavy atom. The third-order valence-corrected chi connectivity index (χ3v) is 1.18. The third-order valence-electron chi connectivity index (χ3n) is 1.18. The van der Waals surface area contributed by atoms with E-state index < -0.39 is 11.9 Å². The molecular weight excluding hydrogens is 155 g/mol. The summed E-state index contributed by atoms with van der Waals surface area (Å²) in [6, 6.07) is 0. The zero-order chi connectivity index (χ0) is 8.15. The second-order valence-corrected chi connectivity index (χ2v) is 2.01. The van der Waals surface area contributed by atoms with Crippen molar-refractivity contribution in [3.63, 3.8) is 0 Å². The fraction of sp³-hybridized carbons (Fsp3) is 0.429. The summed E-state index contributed by atoms with van der Waals surface area (Å²) in [7, 11) is 0. The Labute approximate surface area is 87.8 Å². The van der Waals surface area contributed by atoms with Gasteiger partial charge in [-0.1, -0.05) is 6.08 Å². The van der Waals surface area contributed by atoms with Crippen molar-refractivity contribution in [3.8, 4) is 0 Å². The molecule has 0 radical (unpaired) electrons. The molecule has 0 spiro atoms. The maximum absolute atomic E-state index is 10.5. The first kappa shape index (κ1) is 13.5. The fourth-order valence-electron chi connectivity index (χ4n) is 0.595. The summed E-state index contributed by atoms with van der Waals surface area (Å²) < 4.78 is 0. The molecule has 0 aromatic rings.